The number of benzene rings is 2. The number of fused-ring (bicyclic) bond motifs is 2. The fourth-order valence-corrected chi connectivity index (χ4v) is 5.04. The molecule has 1 fully saturated rings. The molecule has 1 atom stereocenters. The van der Waals surface area contributed by atoms with E-state index in [0.717, 1.165) is 51.9 Å². The Morgan fingerprint density at radius 3 is 2.33 bits per heavy atom. The van der Waals surface area contributed by atoms with Crippen molar-refractivity contribution in [2.45, 2.75) is 45.4 Å². The molecule has 0 saturated carbocycles. The van der Waals surface area contributed by atoms with E-state index in [1.165, 1.54) is 28.9 Å². The van der Waals surface area contributed by atoms with E-state index in [1.807, 2.05) is 6.92 Å². The molecule has 0 aromatic heterocycles. The van der Waals surface area contributed by atoms with E-state index in [1.54, 1.807) is 0 Å². The molecule has 0 aliphatic carbocycles. The highest BCUT2D eigenvalue weighted by atomic mass is 16.5. The molecular formula is C26H34N2O2. The van der Waals surface area contributed by atoms with Crippen molar-refractivity contribution < 1.29 is 9.53 Å². The Balaban J connectivity index is 1.38. The predicted octanol–water partition coefficient (Wildman–Crippen LogP) is 4.98. The maximum Gasteiger partial charge on any atom is 0.306 e. The van der Waals surface area contributed by atoms with Gasteiger partial charge < -0.3 is 14.5 Å². The van der Waals surface area contributed by atoms with Gasteiger partial charge in [0, 0.05) is 30.9 Å². The predicted molar refractivity (Wildman–Crippen MR) is 122 cm³/mol. The first-order valence-electron chi connectivity index (χ1n) is 11.6. The van der Waals surface area contributed by atoms with E-state index in [4.69, 9.17) is 4.74 Å². The van der Waals surface area contributed by atoms with Gasteiger partial charge in [-0.1, -0.05) is 36.4 Å². The summed E-state index contributed by atoms with van der Waals surface area (Å²) in [5.74, 6) is 0.402. The number of para-hydroxylation sites is 2. The van der Waals surface area contributed by atoms with Gasteiger partial charge in [0.15, 0.2) is 0 Å². The average molecular weight is 407 g/mol. The summed E-state index contributed by atoms with van der Waals surface area (Å²) >= 11 is 0. The SMILES string of the molecule is CCOC(=O)CC1CCCN(CCCN2c3ccccc3CCc3ccccc32)C1. The largest absolute Gasteiger partial charge is 0.466 e. The molecule has 1 saturated heterocycles. The molecule has 2 aliphatic rings. The molecular weight excluding hydrogens is 372 g/mol. The lowest BCUT2D eigenvalue weighted by atomic mass is 9.95. The minimum atomic E-state index is -0.0397. The van der Waals surface area contributed by atoms with Crippen LogP contribution in [0.4, 0.5) is 11.4 Å². The number of carbonyl (C=O) groups is 1. The topological polar surface area (TPSA) is 32.8 Å². The Morgan fingerprint density at radius 2 is 1.67 bits per heavy atom. The van der Waals surface area contributed by atoms with Gasteiger partial charge in [0.2, 0.25) is 0 Å². The molecule has 2 aromatic rings. The second kappa shape index (κ2) is 10.1. The number of anilines is 2. The zero-order valence-corrected chi connectivity index (χ0v) is 18.2. The Morgan fingerprint density at radius 1 is 1.00 bits per heavy atom. The van der Waals surface area contributed by atoms with Crippen molar-refractivity contribution in [2.75, 3.05) is 37.7 Å². The number of nitrogens with zero attached hydrogens (tertiary/aromatic N) is 2. The molecule has 4 rings (SSSR count). The summed E-state index contributed by atoms with van der Waals surface area (Å²) in [6.07, 6.45) is 6.21. The number of rotatable bonds is 7. The molecule has 2 aromatic carbocycles. The minimum absolute atomic E-state index is 0.0397. The number of hydrogen-bond donors (Lipinski definition) is 0. The molecule has 0 N–H and O–H groups in total. The van der Waals surface area contributed by atoms with Crippen LogP contribution < -0.4 is 4.90 Å². The number of aryl methyl sites for hydroxylation is 2. The molecule has 0 radical (unpaired) electrons. The van der Waals surface area contributed by atoms with Crippen LogP contribution in [0.25, 0.3) is 0 Å². The fraction of sp³-hybridized carbons (Fsp3) is 0.500. The van der Waals surface area contributed by atoms with Gasteiger partial charge in [-0.25, -0.2) is 0 Å². The molecule has 160 valence electrons. The zero-order chi connectivity index (χ0) is 20.8. The molecule has 2 heterocycles. The highest BCUT2D eigenvalue weighted by Crippen LogP contribution is 2.36. The van der Waals surface area contributed by atoms with Crippen LogP contribution in [0.3, 0.4) is 0 Å². The zero-order valence-electron chi connectivity index (χ0n) is 18.2. The first kappa shape index (κ1) is 20.9. The molecule has 4 heteroatoms. The van der Waals surface area contributed by atoms with Gasteiger partial charge in [0.05, 0.1) is 6.61 Å². The first-order valence-corrected chi connectivity index (χ1v) is 11.6. The van der Waals surface area contributed by atoms with Gasteiger partial charge in [-0.3, -0.25) is 4.79 Å². The van der Waals surface area contributed by atoms with E-state index < -0.39 is 0 Å². The van der Waals surface area contributed by atoms with E-state index in [2.05, 4.69) is 58.3 Å². The second-order valence-electron chi connectivity index (χ2n) is 8.58. The van der Waals surface area contributed by atoms with Crippen molar-refractivity contribution in [2.24, 2.45) is 5.92 Å². The van der Waals surface area contributed by atoms with Gasteiger partial charge in [-0.15, -0.1) is 0 Å². The van der Waals surface area contributed by atoms with Gasteiger partial charge in [0.1, 0.15) is 0 Å². The van der Waals surface area contributed by atoms with Gasteiger partial charge in [-0.05, 0) is 81.3 Å². The minimum Gasteiger partial charge on any atom is -0.466 e. The van der Waals surface area contributed by atoms with Crippen LogP contribution in [0.1, 0.15) is 43.7 Å². The number of likely N-dealkylation sites (tertiary alicyclic amines) is 1. The van der Waals surface area contributed by atoms with Crippen LogP contribution in [-0.2, 0) is 22.4 Å². The molecule has 0 spiro atoms. The molecule has 4 nitrogen and oxygen atoms in total. The Labute approximate surface area is 180 Å². The summed E-state index contributed by atoms with van der Waals surface area (Å²) in [5, 5.41) is 0. The van der Waals surface area contributed by atoms with Crippen molar-refractivity contribution in [1.29, 1.82) is 0 Å². The first-order chi connectivity index (χ1) is 14.7. The summed E-state index contributed by atoms with van der Waals surface area (Å²) in [6.45, 7) is 6.63. The quantitative estimate of drug-likeness (QED) is 0.607. The maximum atomic E-state index is 11.9. The molecule has 0 amide bonds. The van der Waals surface area contributed by atoms with Crippen LogP contribution in [0.2, 0.25) is 0 Å². The van der Waals surface area contributed by atoms with Crippen LogP contribution in [0.15, 0.2) is 48.5 Å². The number of piperidine rings is 1. The lowest BCUT2D eigenvalue weighted by molar-refractivity contribution is -0.144. The average Bonchev–Trinajstić information content (AvgIpc) is 2.92. The summed E-state index contributed by atoms with van der Waals surface area (Å²) in [6, 6.07) is 17.7. The molecule has 30 heavy (non-hydrogen) atoms. The fourth-order valence-electron chi connectivity index (χ4n) is 5.04. The Bertz CT molecular complexity index is 803. The van der Waals surface area contributed by atoms with Crippen molar-refractivity contribution >= 4 is 17.3 Å². The number of carbonyl (C=O) groups excluding carboxylic acids is 1. The Kier molecular flexibility index (Phi) is 7.06. The standard InChI is InChI=1S/C26H34N2O2/c1-2-30-26(29)19-21-9-7-16-27(20-21)17-8-18-28-24-12-5-3-10-22(24)14-15-23-11-4-6-13-25(23)28/h3-6,10-13,21H,2,7-9,14-20H2,1H3. The van der Waals surface area contributed by atoms with Crippen molar-refractivity contribution in [3.8, 4) is 0 Å². The highest BCUT2D eigenvalue weighted by molar-refractivity contribution is 5.71. The second-order valence-corrected chi connectivity index (χ2v) is 8.58. The summed E-state index contributed by atoms with van der Waals surface area (Å²) in [5.41, 5.74) is 5.62. The van der Waals surface area contributed by atoms with Gasteiger partial charge in [0.25, 0.3) is 0 Å². The summed E-state index contributed by atoms with van der Waals surface area (Å²) in [7, 11) is 0. The lowest BCUT2D eigenvalue weighted by Gasteiger charge is -2.33. The van der Waals surface area contributed by atoms with Crippen LogP contribution in [0, 0.1) is 5.92 Å². The van der Waals surface area contributed by atoms with Crippen molar-refractivity contribution in [1.82, 2.24) is 4.90 Å². The maximum absolute atomic E-state index is 11.9. The lowest BCUT2D eigenvalue weighted by Crippen LogP contribution is -2.38. The molecule has 0 bridgehead atoms. The Hall–Kier alpha value is -2.33. The number of esters is 1. The third-order valence-electron chi connectivity index (χ3n) is 6.45. The monoisotopic (exact) mass is 406 g/mol. The molecule has 2 aliphatic heterocycles. The summed E-state index contributed by atoms with van der Waals surface area (Å²) in [4.78, 5) is 16.9. The summed E-state index contributed by atoms with van der Waals surface area (Å²) < 4.78 is 5.15. The van der Waals surface area contributed by atoms with Crippen molar-refractivity contribution in [3.05, 3.63) is 59.7 Å². The smallest absolute Gasteiger partial charge is 0.306 e. The number of hydrogen-bond acceptors (Lipinski definition) is 4. The highest BCUT2D eigenvalue weighted by Gasteiger charge is 2.24. The van der Waals surface area contributed by atoms with Crippen molar-refractivity contribution in [3.63, 3.8) is 0 Å². The van der Waals surface area contributed by atoms with Crippen LogP contribution >= 0.6 is 0 Å². The van der Waals surface area contributed by atoms with E-state index in [0.29, 0.717) is 18.9 Å². The van der Waals surface area contributed by atoms with E-state index in [9.17, 15) is 4.79 Å². The van der Waals surface area contributed by atoms with E-state index >= 15 is 0 Å². The molecule has 1 unspecified atom stereocenters. The normalized spacial score (nSPS) is 19.0. The van der Waals surface area contributed by atoms with Crippen LogP contribution in [0.5, 0.6) is 0 Å². The number of ether oxygens (including phenoxy) is 1. The van der Waals surface area contributed by atoms with Gasteiger partial charge in [-0.2, -0.15) is 0 Å². The van der Waals surface area contributed by atoms with E-state index in [-0.39, 0.29) is 5.97 Å². The third-order valence-corrected chi connectivity index (χ3v) is 6.45. The third kappa shape index (κ3) is 5.04. The van der Waals surface area contributed by atoms with Gasteiger partial charge >= 0.3 is 5.97 Å². The van der Waals surface area contributed by atoms with Crippen LogP contribution in [-0.4, -0.2) is 43.7 Å².